The molecule has 3 aromatic rings. The predicted molar refractivity (Wildman–Crippen MR) is 98.5 cm³/mol. The molecule has 0 radical (unpaired) electrons. The molecule has 0 saturated heterocycles. The monoisotopic (exact) mass is 332 g/mol. The number of carbonyl (C=O) groups excluding carboxylic acids is 1. The van der Waals surface area contributed by atoms with Crippen molar-refractivity contribution in [2.75, 3.05) is 0 Å². The molecule has 4 heteroatoms. The molecule has 0 unspecified atom stereocenters. The highest BCUT2D eigenvalue weighted by Gasteiger charge is 2.23. The standard InChI is InChI=1S/C21H20N2O2/c1-14-9-10-18-16(11-14)12-19(17-8-6-5-7-15(17)13-22)23(18)20(24)25-21(2,3)4/h5-12H,1-4H3. The quantitative estimate of drug-likeness (QED) is 0.610. The van der Waals surface area contributed by atoms with Crippen LogP contribution in [0.4, 0.5) is 4.79 Å². The van der Waals surface area contributed by atoms with Crippen LogP contribution in [0.3, 0.4) is 0 Å². The number of ether oxygens (including phenoxy) is 1. The lowest BCUT2D eigenvalue weighted by atomic mass is 10.1. The minimum atomic E-state index is -0.607. The molecule has 4 nitrogen and oxygen atoms in total. The van der Waals surface area contributed by atoms with Crippen LogP contribution < -0.4 is 0 Å². The van der Waals surface area contributed by atoms with E-state index < -0.39 is 11.7 Å². The van der Waals surface area contributed by atoms with E-state index in [1.807, 2.05) is 70.2 Å². The Morgan fingerprint density at radius 1 is 1.12 bits per heavy atom. The van der Waals surface area contributed by atoms with Crippen molar-refractivity contribution in [3.8, 4) is 17.3 Å². The van der Waals surface area contributed by atoms with Gasteiger partial charge in [0.25, 0.3) is 0 Å². The van der Waals surface area contributed by atoms with E-state index in [4.69, 9.17) is 4.74 Å². The lowest BCUT2D eigenvalue weighted by Gasteiger charge is -2.21. The summed E-state index contributed by atoms with van der Waals surface area (Å²) < 4.78 is 7.15. The maximum Gasteiger partial charge on any atom is 0.419 e. The molecule has 126 valence electrons. The molecule has 0 amide bonds. The Labute approximate surface area is 147 Å². The van der Waals surface area contributed by atoms with Gasteiger partial charge < -0.3 is 4.74 Å². The van der Waals surface area contributed by atoms with Crippen LogP contribution in [-0.2, 0) is 4.74 Å². The lowest BCUT2D eigenvalue weighted by Crippen LogP contribution is -2.27. The van der Waals surface area contributed by atoms with Crippen molar-refractivity contribution in [3.05, 3.63) is 59.7 Å². The van der Waals surface area contributed by atoms with E-state index in [0.717, 1.165) is 16.5 Å². The molecule has 0 bridgehead atoms. The van der Waals surface area contributed by atoms with Crippen LogP contribution in [0.1, 0.15) is 31.9 Å². The first-order valence-electron chi connectivity index (χ1n) is 8.15. The number of aryl methyl sites for hydroxylation is 1. The molecule has 3 rings (SSSR count). The van der Waals surface area contributed by atoms with Crippen LogP contribution in [0.25, 0.3) is 22.2 Å². The van der Waals surface area contributed by atoms with Crippen LogP contribution in [-0.4, -0.2) is 16.3 Å². The molecule has 0 fully saturated rings. The summed E-state index contributed by atoms with van der Waals surface area (Å²) in [5.41, 5.74) is 3.16. The molecule has 1 heterocycles. The number of hydrogen-bond donors (Lipinski definition) is 0. The van der Waals surface area contributed by atoms with E-state index in [1.165, 1.54) is 0 Å². The van der Waals surface area contributed by atoms with E-state index in [1.54, 1.807) is 10.6 Å². The van der Waals surface area contributed by atoms with Crippen molar-refractivity contribution in [1.29, 1.82) is 5.26 Å². The van der Waals surface area contributed by atoms with Crippen LogP contribution in [0.5, 0.6) is 0 Å². The van der Waals surface area contributed by atoms with Gasteiger partial charge in [-0.25, -0.2) is 9.36 Å². The Kier molecular flexibility index (Phi) is 4.10. The molecule has 1 aromatic heterocycles. The minimum absolute atomic E-state index is 0.450. The number of carbonyl (C=O) groups is 1. The van der Waals surface area contributed by atoms with Gasteiger partial charge in [0.05, 0.1) is 22.8 Å². The van der Waals surface area contributed by atoms with Gasteiger partial charge in [-0.15, -0.1) is 0 Å². The maximum atomic E-state index is 12.9. The smallest absolute Gasteiger partial charge is 0.419 e. The number of benzene rings is 2. The van der Waals surface area contributed by atoms with E-state index in [-0.39, 0.29) is 0 Å². The lowest BCUT2D eigenvalue weighted by molar-refractivity contribution is 0.0547. The topological polar surface area (TPSA) is 55.0 Å². The zero-order valence-electron chi connectivity index (χ0n) is 14.8. The third kappa shape index (κ3) is 3.27. The molecule has 2 aromatic carbocycles. The molecule has 0 aliphatic heterocycles. The summed E-state index contributed by atoms with van der Waals surface area (Å²) in [5.74, 6) is 0. The van der Waals surface area contributed by atoms with Gasteiger partial charge in [-0.3, -0.25) is 0 Å². The van der Waals surface area contributed by atoms with Gasteiger partial charge in [0, 0.05) is 10.9 Å². The Balaban J connectivity index is 2.29. The molecule has 25 heavy (non-hydrogen) atoms. The fraction of sp³-hybridized carbons (Fsp3) is 0.238. The Hall–Kier alpha value is -3.06. The summed E-state index contributed by atoms with van der Waals surface area (Å²) in [4.78, 5) is 12.9. The summed E-state index contributed by atoms with van der Waals surface area (Å²) >= 11 is 0. The average Bonchev–Trinajstić information content (AvgIpc) is 2.91. The van der Waals surface area contributed by atoms with Crippen molar-refractivity contribution in [2.45, 2.75) is 33.3 Å². The zero-order chi connectivity index (χ0) is 18.2. The number of fused-ring (bicyclic) bond motifs is 1. The van der Waals surface area contributed by atoms with Crippen LogP contribution >= 0.6 is 0 Å². The summed E-state index contributed by atoms with van der Waals surface area (Å²) in [7, 11) is 0. The number of nitriles is 1. The van der Waals surface area contributed by atoms with Gasteiger partial charge in [-0.1, -0.05) is 29.8 Å². The second kappa shape index (κ2) is 6.10. The second-order valence-electron chi connectivity index (χ2n) is 7.06. The van der Waals surface area contributed by atoms with Crippen LogP contribution in [0.2, 0.25) is 0 Å². The van der Waals surface area contributed by atoms with Crippen LogP contribution in [0.15, 0.2) is 48.5 Å². The Morgan fingerprint density at radius 2 is 1.84 bits per heavy atom. The molecule has 0 atom stereocenters. The SMILES string of the molecule is Cc1ccc2c(c1)cc(-c1ccccc1C#N)n2C(=O)OC(C)(C)C. The number of aromatic nitrogens is 1. The zero-order valence-corrected chi connectivity index (χ0v) is 14.8. The highest BCUT2D eigenvalue weighted by Crippen LogP contribution is 2.31. The molecule has 0 aliphatic rings. The highest BCUT2D eigenvalue weighted by atomic mass is 16.6. The van der Waals surface area contributed by atoms with Gasteiger partial charge in [0.1, 0.15) is 5.60 Å². The normalized spacial score (nSPS) is 11.3. The third-order valence-electron chi connectivity index (χ3n) is 3.86. The Morgan fingerprint density at radius 3 is 2.52 bits per heavy atom. The van der Waals surface area contributed by atoms with Crippen molar-refractivity contribution < 1.29 is 9.53 Å². The first-order chi connectivity index (χ1) is 11.8. The van der Waals surface area contributed by atoms with Gasteiger partial charge in [0.2, 0.25) is 0 Å². The second-order valence-corrected chi connectivity index (χ2v) is 7.06. The summed E-state index contributed by atoms with van der Waals surface area (Å²) in [6.07, 6.45) is -0.450. The van der Waals surface area contributed by atoms with Crippen LogP contribution in [0, 0.1) is 18.3 Å². The predicted octanol–water partition coefficient (Wildman–Crippen LogP) is 5.27. The number of rotatable bonds is 1. The third-order valence-corrected chi connectivity index (χ3v) is 3.86. The summed E-state index contributed by atoms with van der Waals surface area (Å²) in [5, 5.41) is 10.4. The average molecular weight is 332 g/mol. The molecular formula is C21H20N2O2. The minimum Gasteiger partial charge on any atom is -0.443 e. The van der Waals surface area contributed by atoms with Gasteiger partial charge in [-0.05, 0) is 52.0 Å². The first-order valence-corrected chi connectivity index (χ1v) is 8.15. The number of hydrogen-bond acceptors (Lipinski definition) is 3. The molecular weight excluding hydrogens is 312 g/mol. The molecule has 0 saturated carbocycles. The maximum absolute atomic E-state index is 12.9. The Bertz CT molecular complexity index is 1000. The number of nitrogens with zero attached hydrogens (tertiary/aromatic N) is 2. The molecule has 0 aliphatic carbocycles. The van der Waals surface area contributed by atoms with E-state index in [0.29, 0.717) is 16.8 Å². The fourth-order valence-corrected chi connectivity index (χ4v) is 2.84. The fourth-order valence-electron chi connectivity index (χ4n) is 2.84. The highest BCUT2D eigenvalue weighted by molar-refractivity contribution is 5.97. The largest absolute Gasteiger partial charge is 0.443 e. The van der Waals surface area contributed by atoms with Crippen molar-refractivity contribution >= 4 is 17.0 Å². The molecule has 0 N–H and O–H groups in total. The van der Waals surface area contributed by atoms with Crippen molar-refractivity contribution in [3.63, 3.8) is 0 Å². The van der Waals surface area contributed by atoms with Crippen molar-refractivity contribution in [1.82, 2.24) is 4.57 Å². The van der Waals surface area contributed by atoms with Crippen molar-refractivity contribution in [2.24, 2.45) is 0 Å². The van der Waals surface area contributed by atoms with Gasteiger partial charge >= 0.3 is 6.09 Å². The van der Waals surface area contributed by atoms with E-state index in [9.17, 15) is 10.1 Å². The summed E-state index contributed by atoms with van der Waals surface area (Å²) in [6, 6.07) is 17.3. The van der Waals surface area contributed by atoms with Gasteiger partial charge in [0.15, 0.2) is 0 Å². The van der Waals surface area contributed by atoms with Gasteiger partial charge in [-0.2, -0.15) is 5.26 Å². The summed E-state index contributed by atoms with van der Waals surface area (Å²) in [6.45, 7) is 7.52. The van der Waals surface area contributed by atoms with E-state index >= 15 is 0 Å². The first kappa shape index (κ1) is 16.8. The molecule has 0 spiro atoms. The van der Waals surface area contributed by atoms with E-state index in [2.05, 4.69) is 6.07 Å².